The molecule has 0 aliphatic rings. The minimum atomic E-state index is -0.656. The maximum Gasteiger partial charge on any atom is 0.136 e. The molecule has 0 bridgehead atoms. The molecule has 1 aromatic carbocycles. The number of rotatable bonds is 1. The Kier molecular flexibility index (Phi) is 2.63. The lowest BCUT2D eigenvalue weighted by molar-refractivity contribution is 0.469. The standard InChI is InChI=1S/C8H8Cl2O/c1-5-3-2-4-6(11)7(5)8(9)10/h2-4,8,11H,1H3. The van der Waals surface area contributed by atoms with Gasteiger partial charge in [-0.25, -0.2) is 0 Å². The molecular formula is C8H8Cl2O. The number of phenolic OH excluding ortho intramolecular Hbond substituents is 1. The van der Waals surface area contributed by atoms with Gasteiger partial charge in [-0.1, -0.05) is 35.3 Å². The fraction of sp³-hybridized carbons (Fsp3) is 0.250. The molecule has 1 rings (SSSR count). The van der Waals surface area contributed by atoms with Crippen molar-refractivity contribution in [2.24, 2.45) is 0 Å². The third kappa shape index (κ3) is 1.79. The lowest BCUT2D eigenvalue weighted by atomic mass is 10.1. The van der Waals surface area contributed by atoms with Gasteiger partial charge in [0.25, 0.3) is 0 Å². The van der Waals surface area contributed by atoms with E-state index in [2.05, 4.69) is 0 Å². The Labute approximate surface area is 75.6 Å². The van der Waals surface area contributed by atoms with Crippen molar-refractivity contribution < 1.29 is 5.11 Å². The topological polar surface area (TPSA) is 20.2 Å². The Morgan fingerprint density at radius 2 is 2.00 bits per heavy atom. The van der Waals surface area contributed by atoms with Crippen molar-refractivity contribution >= 4 is 23.2 Å². The van der Waals surface area contributed by atoms with Crippen LogP contribution in [0.4, 0.5) is 0 Å². The number of aryl methyl sites for hydroxylation is 1. The Morgan fingerprint density at radius 3 is 2.36 bits per heavy atom. The van der Waals surface area contributed by atoms with Gasteiger partial charge in [-0.15, -0.1) is 0 Å². The van der Waals surface area contributed by atoms with Gasteiger partial charge >= 0.3 is 0 Å². The first-order valence-corrected chi connectivity index (χ1v) is 4.07. The van der Waals surface area contributed by atoms with Crippen LogP contribution in [0.15, 0.2) is 18.2 Å². The van der Waals surface area contributed by atoms with Gasteiger partial charge in [0.1, 0.15) is 10.6 Å². The molecule has 0 fully saturated rings. The fourth-order valence-corrected chi connectivity index (χ4v) is 1.52. The van der Waals surface area contributed by atoms with Crippen molar-refractivity contribution in [1.29, 1.82) is 0 Å². The molecule has 1 aromatic rings. The molecule has 0 atom stereocenters. The van der Waals surface area contributed by atoms with Crippen LogP contribution < -0.4 is 0 Å². The fourth-order valence-electron chi connectivity index (χ4n) is 0.949. The summed E-state index contributed by atoms with van der Waals surface area (Å²) in [4.78, 5) is -0.656. The van der Waals surface area contributed by atoms with Crippen LogP contribution in [-0.2, 0) is 0 Å². The highest BCUT2D eigenvalue weighted by molar-refractivity contribution is 6.44. The number of benzene rings is 1. The molecule has 11 heavy (non-hydrogen) atoms. The molecule has 3 heteroatoms. The minimum absolute atomic E-state index is 0.153. The smallest absolute Gasteiger partial charge is 0.136 e. The second-order valence-corrected chi connectivity index (χ2v) is 3.40. The van der Waals surface area contributed by atoms with E-state index in [9.17, 15) is 5.11 Å². The van der Waals surface area contributed by atoms with Gasteiger partial charge in [0, 0.05) is 5.56 Å². The third-order valence-electron chi connectivity index (χ3n) is 1.52. The van der Waals surface area contributed by atoms with Crippen molar-refractivity contribution in [3.8, 4) is 5.75 Å². The Balaban J connectivity index is 3.21. The summed E-state index contributed by atoms with van der Waals surface area (Å²) in [6.07, 6.45) is 0. The van der Waals surface area contributed by atoms with Gasteiger partial charge < -0.3 is 5.11 Å². The van der Waals surface area contributed by atoms with Crippen molar-refractivity contribution in [3.05, 3.63) is 29.3 Å². The van der Waals surface area contributed by atoms with Crippen LogP contribution >= 0.6 is 23.2 Å². The van der Waals surface area contributed by atoms with Gasteiger partial charge in [0.15, 0.2) is 0 Å². The van der Waals surface area contributed by atoms with Crippen LogP contribution in [0, 0.1) is 6.92 Å². The summed E-state index contributed by atoms with van der Waals surface area (Å²) in [6, 6.07) is 5.18. The summed E-state index contributed by atoms with van der Waals surface area (Å²) in [5.74, 6) is 0.153. The first-order valence-electron chi connectivity index (χ1n) is 3.19. The number of alkyl halides is 2. The highest BCUT2D eigenvalue weighted by Crippen LogP contribution is 2.34. The minimum Gasteiger partial charge on any atom is -0.508 e. The predicted octanol–water partition coefficient (Wildman–Crippen LogP) is 3.18. The first kappa shape index (κ1) is 8.69. The van der Waals surface area contributed by atoms with E-state index in [4.69, 9.17) is 23.2 Å². The largest absolute Gasteiger partial charge is 0.508 e. The van der Waals surface area contributed by atoms with E-state index in [1.54, 1.807) is 12.1 Å². The number of phenols is 1. The van der Waals surface area contributed by atoms with Gasteiger partial charge in [0.2, 0.25) is 0 Å². The number of hydrogen-bond acceptors (Lipinski definition) is 1. The second-order valence-electron chi connectivity index (χ2n) is 2.31. The molecule has 0 aliphatic heterocycles. The SMILES string of the molecule is Cc1cccc(O)c1C(Cl)Cl. The lowest BCUT2D eigenvalue weighted by Gasteiger charge is -2.07. The number of hydrogen-bond donors (Lipinski definition) is 1. The monoisotopic (exact) mass is 190 g/mol. The van der Waals surface area contributed by atoms with Crippen molar-refractivity contribution in [2.75, 3.05) is 0 Å². The molecule has 0 radical (unpaired) electrons. The Morgan fingerprint density at radius 1 is 1.36 bits per heavy atom. The molecule has 0 aromatic heterocycles. The van der Waals surface area contributed by atoms with Crippen LogP contribution in [0.25, 0.3) is 0 Å². The molecule has 0 saturated heterocycles. The zero-order valence-corrected chi connectivity index (χ0v) is 7.52. The quantitative estimate of drug-likeness (QED) is 0.676. The molecule has 0 spiro atoms. The van der Waals surface area contributed by atoms with E-state index in [0.717, 1.165) is 5.56 Å². The number of aromatic hydroxyl groups is 1. The average Bonchev–Trinajstić information content (AvgIpc) is 1.85. The van der Waals surface area contributed by atoms with E-state index in [1.807, 2.05) is 13.0 Å². The van der Waals surface area contributed by atoms with Gasteiger partial charge in [-0.2, -0.15) is 0 Å². The maximum absolute atomic E-state index is 9.29. The van der Waals surface area contributed by atoms with E-state index < -0.39 is 4.84 Å². The lowest BCUT2D eigenvalue weighted by Crippen LogP contribution is -1.87. The molecule has 1 N–H and O–H groups in total. The van der Waals surface area contributed by atoms with E-state index >= 15 is 0 Å². The molecule has 0 heterocycles. The molecular weight excluding hydrogens is 183 g/mol. The highest BCUT2D eigenvalue weighted by atomic mass is 35.5. The summed E-state index contributed by atoms with van der Waals surface area (Å²) in [7, 11) is 0. The van der Waals surface area contributed by atoms with Crippen LogP contribution in [0.2, 0.25) is 0 Å². The van der Waals surface area contributed by atoms with Crippen molar-refractivity contribution in [3.63, 3.8) is 0 Å². The van der Waals surface area contributed by atoms with E-state index in [1.165, 1.54) is 0 Å². The Bertz CT molecular complexity index is 238. The highest BCUT2D eigenvalue weighted by Gasteiger charge is 2.10. The summed E-state index contributed by atoms with van der Waals surface area (Å²) in [5, 5.41) is 9.29. The third-order valence-corrected chi connectivity index (χ3v) is 1.96. The first-order chi connectivity index (χ1) is 5.13. The summed E-state index contributed by atoms with van der Waals surface area (Å²) in [5.41, 5.74) is 1.50. The number of halogens is 2. The van der Waals surface area contributed by atoms with Gasteiger partial charge in [-0.05, 0) is 18.6 Å². The molecule has 0 unspecified atom stereocenters. The zero-order chi connectivity index (χ0) is 8.43. The van der Waals surface area contributed by atoms with E-state index in [0.29, 0.717) is 5.56 Å². The van der Waals surface area contributed by atoms with Crippen LogP contribution in [0.5, 0.6) is 5.75 Å². The van der Waals surface area contributed by atoms with Gasteiger partial charge in [0.05, 0.1) is 0 Å². The molecule has 0 amide bonds. The Hall–Kier alpha value is -0.400. The van der Waals surface area contributed by atoms with Crippen LogP contribution in [0.3, 0.4) is 0 Å². The molecule has 1 nitrogen and oxygen atoms in total. The van der Waals surface area contributed by atoms with Crippen LogP contribution in [0.1, 0.15) is 16.0 Å². The predicted molar refractivity (Wildman–Crippen MR) is 47.3 cm³/mol. The second kappa shape index (κ2) is 3.33. The maximum atomic E-state index is 9.29. The molecule has 0 aliphatic carbocycles. The molecule has 60 valence electrons. The van der Waals surface area contributed by atoms with Crippen molar-refractivity contribution in [1.82, 2.24) is 0 Å². The normalized spacial score (nSPS) is 10.5. The van der Waals surface area contributed by atoms with Crippen LogP contribution in [-0.4, -0.2) is 5.11 Å². The summed E-state index contributed by atoms with van der Waals surface area (Å²) < 4.78 is 0. The average molecular weight is 191 g/mol. The zero-order valence-electron chi connectivity index (χ0n) is 6.01. The molecule has 0 saturated carbocycles. The summed E-state index contributed by atoms with van der Waals surface area (Å²) >= 11 is 11.2. The van der Waals surface area contributed by atoms with E-state index in [-0.39, 0.29) is 5.75 Å². The van der Waals surface area contributed by atoms with Crippen molar-refractivity contribution in [2.45, 2.75) is 11.8 Å². The summed E-state index contributed by atoms with van der Waals surface area (Å²) in [6.45, 7) is 1.85. The van der Waals surface area contributed by atoms with Gasteiger partial charge in [-0.3, -0.25) is 0 Å².